The summed E-state index contributed by atoms with van der Waals surface area (Å²) in [6.45, 7) is 3.81. The highest BCUT2D eigenvalue weighted by Gasteiger charge is 2.45. The van der Waals surface area contributed by atoms with Crippen LogP contribution in [0.4, 0.5) is 22.7 Å². The molecule has 2 saturated heterocycles. The van der Waals surface area contributed by atoms with E-state index in [-0.39, 0.29) is 43.0 Å². The number of nitrogens with one attached hydrogen (secondary N) is 1. The number of alkyl halides is 2. The SMILES string of the molecule is O=C(NCc1ncc(F)cc1F)c1cnc(N2CCC(N3CCC[C@H](OCC4CC(F)(F)C4)C3)CC2)s1. The summed E-state index contributed by atoms with van der Waals surface area (Å²) in [5.41, 5.74) is -0.0310. The van der Waals surface area contributed by atoms with Gasteiger partial charge in [0.25, 0.3) is 5.91 Å². The topological polar surface area (TPSA) is 70.6 Å². The molecule has 5 rings (SSSR count). The molecule has 2 aliphatic heterocycles. The lowest BCUT2D eigenvalue weighted by Gasteiger charge is -2.43. The molecule has 1 amide bonds. The average Bonchev–Trinajstić information content (AvgIpc) is 3.36. The largest absolute Gasteiger partial charge is 0.377 e. The third kappa shape index (κ3) is 6.58. The number of nitrogens with zero attached hydrogens (tertiary/aromatic N) is 4. The number of likely N-dealkylation sites (tertiary alicyclic amines) is 1. The Balaban J connectivity index is 1.06. The molecule has 12 heteroatoms. The lowest BCUT2D eigenvalue weighted by molar-refractivity contribution is -0.139. The van der Waals surface area contributed by atoms with Gasteiger partial charge >= 0.3 is 0 Å². The van der Waals surface area contributed by atoms with Crippen LogP contribution in [0.1, 0.15) is 53.9 Å². The number of thiazole rings is 1. The minimum atomic E-state index is -2.50. The molecule has 0 bridgehead atoms. The lowest BCUT2D eigenvalue weighted by atomic mass is 9.82. The van der Waals surface area contributed by atoms with E-state index in [9.17, 15) is 22.4 Å². The van der Waals surface area contributed by atoms with Crippen molar-refractivity contribution in [3.05, 3.63) is 40.7 Å². The first-order chi connectivity index (χ1) is 17.8. The smallest absolute Gasteiger partial charge is 0.263 e. The van der Waals surface area contributed by atoms with Crippen molar-refractivity contribution in [1.82, 2.24) is 20.2 Å². The number of aromatic nitrogens is 2. The second kappa shape index (κ2) is 11.2. The monoisotopic (exact) mass is 541 g/mol. The standard InChI is InChI=1S/C25H31F4N5O2S/c26-17-8-20(27)21(30-11-17)12-31-23(35)22-13-32-24(37-22)33-6-3-18(4-7-33)34-5-1-2-19(14-34)36-15-16-9-25(28,29)10-16/h8,11,13,16,18-19H,1-7,9-10,12,14-15H2,(H,31,35)/t19-/m0/s1. The van der Waals surface area contributed by atoms with Gasteiger partial charge in [0.05, 0.1) is 37.3 Å². The number of anilines is 1. The predicted molar refractivity (Wildman–Crippen MR) is 131 cm³/mol. The van der Waals surface area contributed by atoms with Crippen molar-refractivity contribution in [2.75, 3.05) is 37.7 Å². The molecule has 1 aliphatic carbocycles. The van der Waals surface area contributed by atoms with Gasteiger partial charge in [0.15, 0.2) is 5.13 Å². The van der Waals surface area contributed by atoms with Crippen LogP contribution in [0.15, 0.2) is 18.5 Å². The maximum Gasteiger partial charge on any atom is 0.263 e. The molecule has 2 aromatic heterocycles. The van der Waals surface area contributed by atoms with Crippen LogP contribution < -0.4 is 10.2 Å². The summed E-state index contributed by atoms with van der Waals surface area (Å²) in [6, 6.07) is 1.18. The minimum Gasteiger partial charge on any atom is -0.377 e. The first-order valence-corrected chi connectivity index (χ1v) is 13.6. The lowest BCUT2D eigenvalue weighted by Crippen LogP contribution is -2.50. The highest BCUT2D eigenvalue weighted by molar-refractivity contribution is 7.17. The van der Waals surface area contributed by atoms with Crippen molar-refractivity contribution in [1.29, 1.82) is 0 Å². The fourth-order valence-electron chi connectivity index (χ4n) is 5.37. The second-order valence-electron chi connectivity index (χ2n) is 10.2. The Labute approximate surface area is 217 Å². The van der Waals surface area contributed by atoms with E-state index >= 15 is 0 Å². The Morgan fingerprint density at radius 3 is 2.65 bits per heavy atom. The molecular weight excluding hydrogens is 510 g/mol. The van der Waals surface area contributed by atoms with Gasteiger partial charge in [-0.2, -0.15) is 0 Å². The molecule has 0 radical (unpaired) electrons. The Kier molecular flexibility index (Phi) is 7.96. The molecule has 2 aromatic rings. The summed E-state index contributed by atoms with van der Waals surface area (Å²) in [6.07, 6.45) is 6.41. The Morgan fingerprint density at radius 2 is 1.92 bits per heavy atom. The van der Waals surface area contributed by atoms with Gasteiger partial charge in [-0.3, -0.25) is 14.7 Å². The fourth-order valence-corrected chi connectivity index (χ4v) is 6.26. The number of pyridine rings is 1. The van der Waals surface area contributed by atoms with Gasteiger partial charge in [0.2, 0.25) is 5.92 Å². The third-order valence-electron chi connectivity index (χ3n) is 7.42. The number of amides is 1. The summed E-state index contributed by atoms with van der Waals surface area (Å²) >= 11 is 1.28. The van der Waals surface area contributed by atoms with Crippen molar-refractivity contribution in [3.8, 4) is 0 Å². The number of hydrogen-bond donors (Lipinski definition) is 1. The number of piperidine rings is 2. The van der Waals surface area contributed by atoms with Crippen LogP contribution in [-0.4, -0.2) is 71.6 Å². The molecule has 0 spiro atoms. The van der Waals surface area contributed by atoms with Crippen molar-refractivity contribution in [3.63, 3.8) is 0 Å². The molecule has 0 aromatic carbocycles. The number of hydrogen-bond acceptors (Lipinski definition) is 7. The molecule has 0 unspecified atom stereocenters. The zero-order valence-electron chi connectivity index (χ0n) is 20.5. The summed E-state index contributed by atoms with van der Waals surface area (Å²) in [5.74, 6) is -4.46. The highest BCUT2D eigenvalue weighted by Crippen LogP contribution is 2.42. The summed E-state index contributed by atoms with van der Waals surface area (Å²) < 4.78 is 58.9. The van der Waals surface area contributed by atoms with Gasteiger partial charge in [-0.1, -0.05) is 11.3 Å². The van der Waals surface area contributed by atoms with E-state index in [1.165, 1.54) is 17.5 Å². The van der Waals surface area contributed by atoms with Gasteiger partial charge in [0, 0.05) is 44.6 Å². The van der Waals surface area contributed by atoms with E-state index < -0.39 is 17.6 Å². The maximum atomic E-state index is 13.7. The molecule has 1 N–H and O–H groups in total. The van der Waals surface area contributed by atoms with Gasteiger partial charge in [-0.25, -0.2) is 22.5 Å². The Hall–Kier alpha value is -2.31. The molecule has 1 saturated carbocycles. The van der Waals surface area contributed by atoms with Crippen molar-refractivity contribution in [2.24, 2.45) is 5.92 Å². The zero-order chi connectivity index (χ0) is 26.0. The van der Waals surface area contributed by atoms with E-state index in [4.69, 9.17) is 4.74 Å². The molecule has 202 valence electrons. The molecule has 4 heterocycles. The molecule has 3 fully saturated rings. The van der Waals surface area contributed by atoms with Gasteiger partial charge in [-0.05, 0) is 38.1 Å². The Morgan fingerprint density at radius 1 is 1.14 bits per heavy atom. The molecule has 3 aliphatic rings. The van der Waals surface area contributed by atoms with Crippen LogP contribution in [0, 0.1) is 17.6 Å². The quantitative estimate of drug-likeness (QED) is 0.505. The first kappa shape index (κ1) is 26.3. The van der Waals surface area contributed by atoms with Crippen LogP contribution in [-0.2, 0) is 11.3 Å². The fraction of sp³-hybridized carbons (Fsp3) is 0.640. The summed E-state index contributed by atoms with van der Waals surface area (Å²) in [5, 5.41) is 3.38. The van der Waals surface area contributed by atoms with E-state index in [1.54, 1.807) is 0 Å². The maximum absolute atomic E-state index is 13.7. The van der Waals surface area contributed by atoms with E-state index in [0.29, 0.717) is 17.5 Å². The number of halogens is 4. The summed E-state index contributed by atoms with van der Waals surface area (Å²) in [4.78, 5) is 25.7. The summed E-state index contributed by atoms with van der Waals surface area (Å²) in [7, 11) is 0. The van der Waals surface area contributed by atoms with Gasteiger partial charge < -0.3 is 15.0 Å². The van der Waals surface area contributed by atoms with Gasteiger partial charge in [-0.15, -0.1) is 0 Å². The number of carbonyl (C=O) groups excluding carboxylic acids is 1. The zero-order valence-corrected chi connectivity index (χ0v) is 21.3. The predicted octanol–water partition coefficient (Wildman–Crippen LogP) is 4.24. The molecule has 7 nitrogen and oxygen atoms in total. The molecular formula is C25H31F4N5O2S. The van der Waals surface area contributed by atoms with E-state index in [1.807, 2.05) is 0 Å². The van der Waals surface area contributed by atoms with Crippen molar-refractivity contribution >= 4 is 22.4 Å². The number of ether oxygens (including phenoxy) is 1. The number of rotatable bonds is 8. The van der Waals surface area contributed by atoms with Crippen LogP contribution in [0.3, 0.4) is 0 Å². The number of carbonyl (C=O) groups is 1. The second-order valence-corrected chi connectivity index (χ2v) is 11.2. The van der Waals surface area contributed by atoms with Crippen LogP contribution in [0.5, 0.6) is 0 Å². The van der Waals surface area contributed by atoms with Crippen LogP contribution >= 0.6 is 11.3 Å². The van der Waals surface area contributed by atoms with Crippen LogP contribution in [0.2, 0.25) is 0 Å². The normalized spacial score (nSPS) is 23.1. The van der Waals surface area contributed by atoms with E-state index in [0.717, 1.165) is 69.3 Å². The Bertz CT molecular complexity index is 1090. The third-order valence-corrected chi connectivity index (χ3v) is 8.48. The average molecular weight is 542 g/mol. The minimum absolute atomic E-state index is 0.0142. The van der Waals surface area contributed by atoms with Gasteiger partial charge in [0.1, 0.15) is 16.5 Å². The van der Waals surface area contributed by atoms with Crippen LogP contribution in [0.25, 0.3) is 0 Å². The van der Waals surface area contributed by atoms with Crippen molar-refractivity contribution < 1.29 is 27.1 Å². The molecule has 1 atom stereocenters. The van der Waals surface area contributed by atoms with E-state index in [2.05, 4.69) is 25.1 Å². The first-order valence-electron chi connectivity index (χ1n) is 12.8. The van der Waals surface area contributed by atoms with Crippen molar-refractivity contribution in [2.45, 2.75) is 63.1 Å². The highest BCUT2D eigenvalue weighted by atomic mass is 32.1. The molecule has 37 heavy (non-hydrogen) atoms.